The minimum Gasteiger partial charge on any atom is -0.396 e. The molecule has 0 spiro atoms. The molecule has 1 aromatic heterocycles. The van der Waals surface area contributed by atoms with Crippen molar-refractivity contribution < 1.29 is 5.11 Å². The molecule has 1 unspecified atom stereocenters. The third-order valence-electron chi connectivity index (χ3n) is 2.84. The van der Waals surface area contributed by atoms with Gasteiger partial charge in [-0.15, -0.1) is 0 Å². The lowest BCUT2D eigenvalue weighted by Gasteiger charge is -2.18. The second-order valence-corrected chi connectivity index (χ2v) is 3.91. The summed E-state index contributed by atoms with van der Waals surface area (Å²) in [5, 5.41) is 8.87. The number of hydrogen-bond donors (Lipinski definition) is 2. The summed E-state index contributed by atoms with van der Waals surface area (Å²) in [6, 6.07) is 0. The van der Waals surface area contributed by atoms with E-state index in [0.717, 1.165) is 31.7 Å². The molecule has 0 radical (unpaired) electrons. The molecular formula is C10H16N4O. The fourth-order valence-corrected chi connectivity index (χ4v) is 2.04. The van der Waals surface area contributed by atoms with Crippen LogP contribution in [0.1, 0.15) is 12.8 Å². The highest BCUT2D eigenvalue weighted by Gasteiger charge is 2.24. The Hall–Kier alpha value is -1.36. The number of anilines is 2. The molecule has 15 heavy (non-hydrogen) atoms. The van der Waals surface area contributed by atoms with Crippen LogP contribution in [0.4, 0.5) is 11.5 Å². The van der Waals surface area contributed by atoms with Gasteiger partial charge in [-0.2, -0.15) is 0 Å². The van der Waals surface area contributed by atoms with Crippen LogP contribution in [0, 0.1) is 5.92 Å². The van der Waals surface area contributed by atoms with Crippen LogP contribution in [0.5, 0.6) is 0 Å². The van der Waals surface area contributed by atoms with Crippen molar-refractivity contribution in [2.24, 2.45) is 5.92 Å². The second-order valence-electron chi connectivity index (χ2n) is 3.91. The molecule has 1 saturated heterocycles. The quantitative estimate of drug-likeness (QED) is 0.745. The molecular weight excluding hydrogens is 192 g/mol. The van der Waals surface area contributed by atoms with E-state index < -0.39 is 0 Å². The fraction of sp³-hybridized carbons (Fsp3) is 0.600. The van der Waals surface area contributed by atoms with Crippen LogP contribution in [-0.2, 0) is 0 Å². The third-order valence-corrected chi connectivity index (χ3v) is 2.84. The van der Waals surface area contributed by atoms with Crippen molar-refractivity contribution in [2.75, 3.05) is 30.3 Å². The highest BCUT2D eigenvalue weighted by molar-refractivity contribution is 5.61. The van der Waals surface area contributed by atoms with E-state index in [1.807, 2.05) is 0 Å². The van der Waals surface area contributed by atoms with Crippen molar-refractivity contribution in [2.45, 2.75) is 12.8 Å². The van der Waals surface area contributed by atoms with Crippen LogP contribution in [0.3, 0.4) is 0 Å². The van der Waals surface area contributed by atoms with Crippen molar-refractivity contribution in [3.8, 4) is 0 Å². The van der Waals surface area contributed by atoms with Gasteiger partial charge in [0.1, 0.15) is 6.33 Å². The minimum atomic E-state index is 0.262. The van der Waals surface area contributed by atoms with Gasteiger partial charge in [-0.25, -0.2) is 9.97 Å². The lowest BCUT2D eigenvalue weighted by molar-refractivity contribution is 0.263. The Balaban J connectivity index is 2.04. The molecule has 0 aromatic carbocycles. The number of nitrogens with two attached hydrogens (primary N) is 1. The number of nitrogen functional groups attached to an aromatic ring is 1. The molecule has 0 bridgehead atoms. The Labute approximate surface area is 88.9 Å². The van der Waals surface area contributed by atoms with Gasteiger partial charge in [0.05, 0.1) is 11.9 Å². The SMILES string of the molecule is Nc1cncnc1N1CCC(CCO)C1. The van der Waals surface area contributed by atoms with E-state index in [4.69, 9.17) is 10.8 Å². The predicted octanol–water partition coefficient (Wildman–Crippen LogP) is 0.267. The van der Waals surface area contributed by atoms with Gasteiger partial charge in [-0.3, -0.25) is 0 Å². The standard InChI is InChI=1S/C10H16N4O/c11-9-5-12-7-13-10(9)14-3-1-8(6-14)2-4-15/h5,7-8,15H,1-4,6,11H2. The maximum absolute atomic E-state index is 8.87. The minimum absolute atomic E-state index is 0.262. The van der Waals surface area contributed by atoms with E-state index in [0.29, 0.717) is 11.6 Å². The topological polar surface area (TPSA) is 75.3 Å². The van der Waals surface area contributed by atoms with Crippen LogP contribution in [0.2, 0.25) is 0 Å². The Morgan fingerprint density at radius 2 is 2.47 bits per heavy atom. The second kappa shape index (κ2) is 4.44. The van der Waals surface area contributed by atoms with E-state index >= 15 is 0 Å². The van der Waals surface area contributed by atoms with E-state index in [1.165, 1.54) is 6.33 Å². The molecule has 1 aliphatic rings. The Kier molecular flexibility index (Phi) is 3.01. The van der Waals surface area contributed by atoms with Gasteiger partial charge in [-0.05, 0) is 18.8 Å². The summed E-state index contributed by atoms with van der Waals surface area (Å²) >= 11 is 0. The van der Waals surface area contributed by atoms with Gasteiger partial charge >= 0.3 is 0 Å². The van der Waals surface area contributed by atoms with E-state index in [1.54, 1.807) is 6.20 Å². The van der Waals surface area contributed by atoms with Crippen molar-refractivity contribution in [3.05, 3.63) is 12.5 Å². The highest BCUT2D eigenvalue weighted by atomic mass is 16.3. The molecule has 82 valence electrons. The van der Waals surface area contributed by atoms with Crippen LogP contribution < -0.4 is 10.6 Å². The molecule has 0 aliphatic carbocycles. The molecule has 1 aliphatic heterocycles. The van der Waals surface area contributed by atoms with Gasteiger partial charge in [-0.1, -0.05) is 0 Å². The number of aromatic nitrogens is 2. The van der Waals surface area contributed by atoms with Crippen LogP contribution in [0.15, 0.2) is 12.5 Å². The van der Waals surface area contributed by atoms with Crippen molar-refractivity contribution in [1.29, 1.82) is 0 Å². The largest absolute Gasteiger partial charge is 0.396 e. The van der Waals surface area contributed by atoms with Crippen molar-refractivity contribution >= 4 is 11.5 Å². The number of rotatable bonds is 3. The molecule has 0 amide bonds. The van der Waals surface area contributed by atoms with Gasteiger partial charge in [0.2, 0.25) is 0 Å². The van der Waals surface area contributed by atoms with E-state index in [9.17, 15) is 0 Å². The summed E-state index contributed by atoms with van der Waals surface area (Å²) in [5.41, 5.74) is 6.43. The average Bonchev–Trinajstić information content (AvgIpc) is 2.68. The summed E-state index contributed by atoms with van der Waals surface area (Å²) in [6.07, 6.45) is 5.11. The first-order chi connectivity index (χ1) is 7.31. The fourth-order valence-electron chi connectivity index (χ4n) is 2.04. The Morgan fingerprint density at radius 1 is 1.60 bits per heavy atom. The van der Waals surface area contributed by atoms with Gasteiger partial charge in [0, 0.05) is 19.7 Å². The smallest absolute Gasteiger partial charge is 0.155 e. The predicted molar refractivity (Wildman–Crippen MR) is 58.5 cm³/mol. The number of aliphatic hydroxyl groups excluding tert-OH is 1. The first-order valence-corrected chi connectivity index (χ1v) is 5.22. The third kappa shape index (κ3) is 2.18. The maximum atomic E-state index is 8.87. The van der Waals surface area contributed by atoms with E-state index in [-0.39, 0.29) is 6.61 Å². The Bertz CT molecular complexity index is 331. The molecule has 0 saturated carbocycles. The van der Waals surface area contributed by atoms with Gasteiger partial charge in [0.25, 0.3) is 0 Å². The molecule has 1 fully saturated rings. The maximum Gasteiger partial charge on any atom is 0.155 e. The molecule has 5 nitrogen and oxygen atoms in total. The Morgan fingerprint density at radius 3 is 3.20 bits per heavy atom. The lowest BCUT2D eigenvalue weighted by Crippen LogP contribution is -2.22. The normalized spacial score (nSPS) is 20.9. The van der Waals surface area contributed by atoms with Crippen LogP contribution in [0.25, 0.3) is 0 Å². The molecule has 2 heterocycles. The zero-order chi connectivity index (χ0) is 10.7. The van der Waals surface area contributed by atoms with Crippen molar-refractivity contribution in [1.82, 2.24) is 9.97 Å². The molecule has 1 atom stereocenters. The first kappa shape index (κ1) is 10.2. The zero-order valence-corrected chi connectivity index (χ0v) is 8.63. The van der Waals surface area contributed by atoms with Crippen LogP contribution >= 0.6 is 0 Å². The number of hydrogen-bond acceptors (Lipinski definition) is 5. The van der Waals surface area contributed by atoms with Crippen LogP contribution in [-0.4, -0.2) is 34.8 Å². The summed E-state index contributed by atoms with van der Waals surface area (Å²) in [4.78, 5) is 10.2. The molecule has 5 heteroatoms. The zero-order valence-electron chi connectivity index (χ0n) is 8.63. The number of nitrogens with zero attached hydrogens (tertiary/aromatic N) is 3. The summed E-state index contributed by atoms with van der Waals surface area (Å²) < 4.78 is 0. The van der Waals surface area contributed by atoms with Crippen molar-refractivity contribution in [3.63, 3.8) is 0 Å². The molecule has 3 N–H and O–H groups in total. The average molecular weight is 208 g/mol. The number of aliphatic hydroxyl groups is 1. The summed E-state index contributed by atoms with van der Waals surface area (Å²) in [7, 11) is 0. The first-order valence-electron chi connectivity index (χ1n) is 5.22. The molecule has 2 rings (SSSR count). The highest BCUT2D eigenvalue weighted by Crippen LogP contribution is 2.26. The molecule has 1 aromatic rings. The van der Waals surface area contributed by atoms with Gasteiger partial charge < -0.3 is 15.7 Å². The lowest BCUT2D eigenvalue weighted by atomic mass is 10.1. The van der Waals surface area contributed by atoms with E-state index in [2.05, 4.69) is 14.9 Å². The summed E-state index contributed by atoms with van der Waals surface area (Å²) in [6.45, 7) is 2.16. The monoisotopic (exact) mass is 208 g/mol. The summed E-state index contributed by atoms with van der Waals surface area (Å²) in [5.74, 6) is 1.38. The van der Waals surface area contributed by atoms with Gasteiger partial charge in [0.15, 0.2) is 5.82 Å².